The molecule has 0 rings (SSSR count). The van der Waals surface area contributed by atoms with E-state index in [-0.39, 0.29) is 11.5 Å². The summed E-state index contributed by atoms with van der Waals surface area (Å²) in [6.07, 6.45) is 5.22. The van der Waals surface area contributed by atoms with Crippen molar-refractivity contribution in [3.05, 3.63) is 0 Å². The summed E-state index contributed by atoms with van der Waals surface area (Å²) in [4.78, 5) is 0. The van der Waals surface area contributed by atoms with E-state index in [4.69, 9.17) is 10.8 Å². The van der Waals surface area contributed by atoms with Crippen molar-refractivity contribution in [3.8, 4) is 12.3 Å². The van der Waals surface area contributed by atoms with E-state index in [0.29, 0.717) is 0 Å². The third-order valence-electron chi connectivity index (χ3n) is 1.82. The van der Waals surface area contributed by atoms with Crippen LogP contribution in [-0.4, -0.2) is 16.1 Å². The molecule has 0 aliphatic heterocycles. The molecule has 0 saturated carbocycles. The van der Waals surface area contributed by atoms with Crippen molar-refractivity contribution in [1.82, 2.24) is 0 Å². The van der Waals surface area contributed by atoms with Crippen LogP contribution >= 0.6 is 0 Å². The molecule has 0 aliphatic carbocycles. The second-order valence-electron chi connectivity index (χ2n) is 2.70. The highest BCUT2D eigenvalue weighted by atomic mass is 28.2. The molecule has 52 valence electrons. The van der Waals surface area contributed by atoms with Crippen molar-refractivity contribution in [2.75, 3.05) is 0 Å². The molecule has 1 atom stereocenters. The molecule has 1 unspecified atom stereocenters. The maximum absolute atomic E-state index is 5.29. The van der Waals surface area contributed by atoms with E-state index < -0.39 is 0 Å². The third kappa shape index (κ3) is 2.21. The van der Waals surface area contributed by atoms with Gasteiger partial charge in [0.25, 0.3) is 0 Å². The van der Waals surface area contributed by atoms with Crippen molar-refractivity contribution in [2.24, 2.45) is 5.92 Å². The highest BCUT2D eigenvalue weighted by Crippen LogP contribution is 2.17. The number of hydrogen-bond acceptors (Lipinski definition) is 1. The molecule has 0 spiro atoms. The summed E-state index contributed by atoms with van der Waals surface area (Å²) in [5.41, 5.74) is -0.124. The highest BCUT2D eigenvalue weighted by Gasteiger charge is 2.21. The van der Waals surface area contributed by atoms with Gasteiger partial charge in [0, 0.05) is 5.92 Å². The molecule has 0 aliphatic rings. The van der Waals surface area contributed by atoms with Crippen LogP contribution in [0.25, 0.3) is 0 Å². The maximum atomic E-state index is 5.29. The topological polar surface area (TPSA) is 9.23 Å². The fraction of sp³-hybridized carbons (Fsp3) is 0.714. The second-order valence-corrected chi connectivity index (χ2v) is 3.10. The minimum absolute atomic E-state index is 0.124. The van der Waals surface area contributed by atoms with Gasteiger partial charge in [-0.3, -0.25) is 0 Å². The SMILES string of the molecule is C#CC(C)C(C)(C)O[SiH3]. The first-order valence-electron chi connectivity index (χ1n) is 3.06. The molecule has 0 fully saturated rings. The summed E-state index contributed by atoms with van der Waals surface area (Å²) in [6, 6.07) is 0. The highest BCUT2D eigenvalue weighted by molar-refractivity contribution is 5.98. The van der Waals surface area contributed by atoms with Crippen LogP contribution in [0.4, 0.5) is 0 Å². The van der Waals surface area contributed by atoms with E-state index in [1.165, 1.54) is 0 Å². The minimum Gasteiger partial charge on any atom is -0.422 e. The van der Waals surface area contributed by atoms with Crippen LogP contribution in [-0.2, 0) is 4.43 Å². The van der Waals surface area contributed by atoms with E-state index in [2.05, 4.69) is 5.92 Å². The van der Waals surface area contributed by atoms with Gasteiger partial charge in [0.05, 0.1) is 5.60 Å². The van der Waals surface area contributed by atoms with Crippen LogP contribution < -0.4 is 0 Å². The minimum atomic E-state index is -0.124. The second kappa shape index (κ2) is 3.05. The van der Waals surface area contributed by atoms with Crippen LogP contribution in [0.1, 0.15) is 20.8 Å². The molecule has 0 aromatic heterocycles. The molecule has 2 heteroatoms. The first kappa shape index (κ1) is 8.74. The average Bonchev–Trinajstić information content (AvgIpc) is 1.86. The molecule has 0 N–H and O–H groups in total. The standard InChI is InChI=1S/C7H14OSi/c1-5-6(2)7(3,4)8-9/h1,6H,2-4,9H3. The smallest absolute Gasteiger partial charge is 0.146 e. The zero-order valence-corrected chi connectivity index (χ0v) is 8.56. The molecule has 0 bridgehead atoms. The van der Waals surface area contributed by atoms with E-state index in [0.717, 1.165) is 10.5 Å². The summed E-state index contributed by atoms with van der Waals surface area (Å²) in [6.45, 7) is 6.03. The molecule has 0 aromatic rings. The first-order chi connectivity index (χ1) is 4.04. The molecule has 9 heavy (non-hydrogen) atoms. The predicted molar refractivity (Wildman–Crippen MR) is 43.1 cm³/mol. The Balaban J connectivity index is 4.01. The molecular weight excluding hydrogens is 128 g/mol. The van der Waals surface area contributed by atoms with Gasteiger partial charge in [-0.1, -0.05) is 0 Å². The molecule has 0 saturated heterocycles. The van der Waals surface area contributed by atoms with E-state index >= 15 is 0 Å². The largest absolute Gasteiger partial charge is 0.422 e. The van der Waals surface area contributed by atoms with Crippen molar-refractivity contribution >= 4 is 10.5 Å². The van der Waals surface area contributed by atoms with E-state index in [1.54, 1.807) is 0 Å². The first-order valence-corrected chi connectivity index (χ1v) is 3.87. The fourth-order valence-electron chi connectivity index (χ4n) is 0.377. The van der Waals surface area contributed by atoms with Gasteiger partial charge in [0.2, 0.25) is 0 Å². The summed E-state index contributed by atoms with van der Waals surface area (Å²) < 4.78 is 5.29. The van der Waals surface area contributed by atoms with Crippen LogP contribution in [0.5, 0.6) is 0 Å². The summed E-state index contributed by atoms with van der Waals surface area (Å²) in [7, 11) is 0.754. The van der Waals surface area contributed by atoms with E-state index in [1.807, 2.05) is 20.8 Å². The average molecular weight is 142 g/mol. The van der Waals surface area contributed by atoms with Gasteiger partial charge in [-0.2, -0.15) is 0 Å². The molecule has 0 heterocycles. The van der Waals surface area contributed by atoms with Crippen molar-refractivity contribution in [2.45, 2.75) is 26.4 Å². The lowest BCUT2D eigenvalue weighted by molar-refractivity contribution is 0.0875. The zero-order chi connectivity index (χ0) is 7.49. The summed E-state index contributed by atoms with van der Waals surface area (Å²) in [5.74, 6) is 2.86. The van der Waals surface area contributed by atoms with E-state index in [9.17, 15) is 0 Å². The van der Waals surface area contributed by atoms with Gasteiger partial charge in [-0.15, -0.1) is 12.3 Å². The number of hydrogen-bond donors (Lipinski definition) is 0. The Labute approximate surface area is 60.3 Å². The van der Waals surface area contributed by atoms with Crippen LogP contribution in [0.3, 0.4) is 0 Å². The Kier molecular flexibility index (Phi) is 2.96. The Hall–Kier alpha value is -0.263. The Morgan fingerprint density at radius 1 is 1.67 bits per heavy atom. The molecule has 0 amide bonds. The Morgan fingerprint density at radius 2 is 2.11 bits per heavy atom. The van der Waals surface area contributed by atoms with Crippen LogP contribution in [0, 0.1) is 18.3 Å². The maximum Gasteiger partial charge on any atom is 0.146 e. The van der Waals surface area contributed by atoms with Crippen molar-refractivity contribution < 1.29 is 4.43 Å². The molecular formula is C7H14OSi. The quantitative estimate of drug-likeness (QED) is 0.399. The summed E-state index contributed by atoms with van der Waals surface area (Å²) in [5, 5.41) is 0. The molecule has 0 radical (unpaired) electrons. The number of rotatable bonds is 2. The van der Waals surface area contributed by atoms with Gasteiger partial charge >= 0.3 is 0 Å². The molecule has 0 aromatic carbocycles. The molecule has 1 nitrogen and oxygen atoms in total. The number of terminal acetylenes is 1. The van der Waals surface area contributed by atoms with Gasteiger partial charge in [-0.25, -0.2) is 0 Å². The lowest BCUT2D eigenvalue weighted by Gasteiger charge is -2.27. The zero-order valence-electron chi connectivity index (χ0n) is 6.56. The van der Waals surface area contributed by atoms with Gasteiger partial charge in [0.15, 0.2) is 0 Å². The van der Waals surface area contributed by atoms with Gasteiger partial charge < -0.3 is 4.43 Å². The Bertz CT molecular complexity index is 123. The van der Waals surface area contributed by atoms with Crippen molar-refractivity contribution in [3.63, 3.8) is 0 Å². The van der Waals surface area contributed by atoms with Crippen LogP contribution in [0.15, 0.2) is 0 Å². The third-order valence-corrected chi connectivity index (χ3v) is 2.87. The Morgan fingerprint density at radius 3 is 2.22 bits per heavy atom. The predicted octanol–water partition coefficient (Wildman–Crippen LogP) is 0.331. The monoisotopic (exact) mass is 142 g/mol. The fourth-order valence-corrected chi connectivity index (χ4v) is 0.731. The van der Waals surface area contributed by atoms with Gasteiger partial charge in [0.1, 0.15) is 10.5 Å². The lowest BCUT2D eigenvalue weighted by atomic mass is 9.94. The van der Waals surface area contributed by atoms with Crippen LogP contribution in [0.2, 0.25) is 0 Å². The normalized spacial score (nSPS) is 14.9. The lowest BCUT2D eigenvalue weighted by Crippen LogP contribution is -2.30. The van der Waals surface area contributed by atoms with Crippen molar-refractivity contribution in [1.29, 1.82) is 0 Å². The summed E-state index contributed by atoms with van der Waals surface area (Å²) >= 11 is 0. The van der Waals surface area contributed by atoms with Gasteiger partial charge in [-0.05, 0) is 20.8 Å².